The summed E-state index contributed by atoms with van der Waals surface area (Å²) >= 11 is 3.94. The van der Waals surface area contributed by atoms with E-state index in [-0.39, 0.29) is 0 Å². The number of hydrogen-bond donors (Lipinski definition) is 1. The van der Waals surface area contributed by atoms with Gasteiger partial charge >= 0.3 is 5.69 Å². The van der Waals surface area contributed by atoms with E-state index >= 15 is 0 Å². The molecule has 0 aromatic heterocycles. The molecular weight excluding hydrogens is 181 g/mol. The zero-order valence-electron chi connectivity index (χ0n) is 6.24. The predicted octanol–water partition coefficient (Wildman–Crippen LogP) is 2.33. The normalized spacial score (nSPS) is 9.92. The fourth-order valence-electron chi connectivity index (χ4n) is 0.790. The highest BCUT2D eigenvalue weighted by molar-refractivity contribution is 7.80. The summed E-state index contributed by atoms with van der Waals surface area (Å²) in [5.74, 6) is -0.824. The average Bonchev–Trinajstić information content (AvgIpc) is 1.96. The second-order valence-corrected chi connectivity index (χ2v) is 2.83. The zero-order chi connectivity index (χ0) is 9.30. The fourth-order valence-corrected chi connectivity index (χ4v) is 0.977. The number of halogens is 1. The Hall–Kier alpha value is -1.10. The third kappa shape index (κ3) is 1.55. The molecule has 1 aromatic rings. The molecule has 64 valence electrons. The van der Waals surface area contributed by atoms with Gasteiger partial charge < -0.3 is 0 Å². The minimum Gasteiger partial charge on any atom is -0.258 e. The van der Waals surface area contributed by atoms with Crippen LogP contribution in [0, 0.1) is 22.9 Å². The molecule has 5 heteroatoms. The van der Waals surface area contributed by atoms with E-state index in [1.54, 1.807) is 6.92 Å². The minimum atomic E-state index is -0.824. The van der Waals surface area contributed by atoms with Gasteiger partial charge in [0.1, 0.15) is 0 Å². The summed E-state index contributed by atoms with van der Waals surface area (Å²) in [5.41, 5.74) is 0.0482. The van der Waals surface area contributed by atoms with Crippen LogP contribution in [0.3, 0.4) is 0 Å². The summed E-state index contributed by atoms with van der Waals surface area (Å²) in [6.45, 7) is 1.63. The second-order valence-electron chi connectivity index (χ2n) is 2.35. The van der Waals surface area contributed by atoms with Crippen LogP contribution in [0.5, 0.6) is 0 Å². The van der Waals surface area contributed by atoms with E-state index in [0.717, 1.165) is 12.1 Å². The van der Waals surface area contributed by atoms with Gasteiger partial charge in [0.05, 0.1) is 4.92 Å². The molecule has 0 spiro atoms. The number of nitrogens with zero attached hydrogens (tertiary/aromatic N) is 1. The Morgan fingerprint density at radius 3 is 2.67 bits per heavy atom. The van der Waals surface area contributed by atoms with Crippen molar-refractivity contribution in [2.75, 3.05) is 0 Å². The molecule has 1 rings (SSSR count). The highest BCUT2D eigenvalue weighted by Gasteiger charge is 2.14. The summed E-state index contributed by atoms with van der Waals surface area (Å²) in [4.78, 5) is 9.87. The van der Waals surface area contributed by atoms with Crippen molar-refractivity contribution >= 4 is 18.3 Å². The third-order valence-corrected chi connectivity index (χ3v) is 1.94. The van der Waals surface area contributed by atoms with Crippen LogP contribution in [0.4, 0.5) is 10.1 Å². The molecular formula is C7H6FNO2S. The molecule has 1 aromatic carbocycles. The second kappa shape index (κ2) is 3.10. The molecule has 0 fully saturated rings. The first kappa shape index (κ1) is 8.99. The standard InChI is InChI=1S/C7H6FNO2S/c1-4-2-5(8)6(9(10)11)3-7(4)12/h2-3,12H,1H3. The Labute approximate surface area is 73.8 Å². The minimum absolute atomic E-state index is 0.420. The molecule has 0 aliphatic heterocycles. The highest BCUT2D eigenvalue weighted by atomic mass is 32.1. The first-order valence-corrected chi connectivity index (χ1v) is 3.60. The van der Waals surface area contributed by atoms with Gasteiger partial charge in [-0.15, -0.1) is 12.6 Å². The van der Waals surface area contributed by atoms with Crippen LogP contribution in [0.1, 0.15) is 5.56 Å². The van der Waals surface area contributed by atoms with E-state index in [4.69, 9.17) is 0 Å². The van der Waals surface area contributed by atoms with Crippen molar-refractivity contribution in [1.82, 2.24) is 0 Å². The topological polar surface area (TPSA) is 43.1 Å². The van der Waals surface area contributed by atoms with Gasteiger partial charge in [0, 0.05) is 11.0 Å². The SMILES string of the molecule is Cc1cc(F)c([N+](=O)[O-])cc1S. The number of nitro groups is 1. The van der Waals surface area contributed by atoms with Gasteiger partial charge in [-0.25, -0.2) is 0 Å². The molecule has 0 aliphatic rings. The van der Waals surface area contributed by atoms with Gasteiger partial charge in [-0.05, 0) is 18.6 Å². The summed E-state index contributed by atoms with van der Waals surface area (Å²) in [6.07, 6.45) is 0. The van der Waals surface area contributed by atoms with E-state index in [1.165, 1.54) is 0 Å². The smallest absolute Gasteiger partial charge is 0.258 e. The van der Waals surface area contributed by atoms with E-state index in [9.17, 15) is 14.5 Å². The van der Waals surface area contributed by atoms with Crippen molar-refractivity contribution in [3.8, 4) is 0 Å². The molecule has 0 radical (unpaired) electrons. The van der Waals surface area contributed by atoms with Gasteiger partial charge in [-0.2, -0.15) is 4.39 Å². The molecule has 0 aliphatic carbocycles. The maximum absolute atomic E-state index is 12.8. The van der Waals surface area contributed by atoms with Crippen LogP contribution in [-0.4, -0.2) is 4.92 Å². The van der Waals surface area contributed by atoms with E-state index in [2.05, 4.69) is 12.6 Å². The van der Waals surface area contributed by atoms with Crippen LogP contribution in [0.15, 0.2) is 17.0 Å². The van der Waals surface area contributed by atoms with Gasteiger partial charge in [0.2, 0.25) is 5.82 Å². The lowest BCUT2D eigenvalue weighted by Crippen LogP contribution is -1.93. The number of thiol groups is 1. The van der Waals surface area contributed by atoms with Crippen molar-refractivity contribution < 1.29 is 9.31 Å². The fraction of sp³-hybridized carbons (Fsp3) is 0.143. The Morgan fingerprint density at radius 1 is 1.58 bits per heavy atom. The number of aryl methyl sites for hydroxylation is 1. The third-order valence-electron chi connectivity index (χ3n) is 1.46. The first-order valence-electron chi connectivity index (χ1n) is 3.16. The molecule has 3 nitrogen and oxygen atoms in total. The van der Waals surface area contributed by atoms with Crippen LogP contribution >= 0.6 is 12.6 Å². The highest BCUT2D eigenvalue weighted by Crippen LogP contribution is 2.23. The first-order chi connectivity index (χ1) is 5.52. The average molecular weight is 187 g/mol. The van der Waals surface area contributed by atoms with Gasteiger partial charge in [0.15, 0.2) is 0 Å². The Bertz CT molecular complexity index is 340. The molecule has 0 saturated carbocycles. The van der Waals surface area contributed by atoms with Crippen LogP contribution in [0.2, 0.25) is 0 Å². The lowest BCUT2D eigenvalue weighted by atomic mass is 10.2. The molecule has 0 N–H and O–H groups in total. The molecule has 0 heterocycles. The van der Waals surface area contributed by atoms with Crippen molar-refractivity contribution in [1.29, 1.82) is 0 Å². The monoisotopic (exact) mass is 187 g/mol. The predicted molar refractivity (Wildman–Crippen MR) is 45.0 cm³/mol. The number of nitro benzene ring substituents is 1. The van der Waals surface area contributed by atoms with Crippen molar-refractivity contribution in [3.05, 3.63) is 33.6 Å². The lowest BCUT2D eigenvalue weighted by molar-refractivity contribution is -0.387. The van der Waals surface area contributed by atoms with Crippen molar-refractivity contribution in [2.45, 2.75) is 11.8 Å². The van der Waals surface area contributed by atoms with Crippen LogP contribution in [0.25, 0.3) is 0 Å². The van der Waals surface area contributed by atoms with Crippen LogP contribution in [-0.2, 0) is 0 Å². The van der Waals surface area contributed by atoms with E-state index in [1.807, 2.05) is 0 Å². The molecule has 0 amide bonds. The Morgan fingerprint density at radius 2 is 2.17 bits per heavy atom. The van der Waals surface area contributed by atoms with Gasteiger partial charge in [-0.1, -0.05) is 0 Å². The Kier molecular flexibility index (Phi) is 2.32. The van der Waals surface area contributed by atoms with E-state index < -0.39 is 16.4 Å². The molecule has 0 bridgehead atoms. The summed E-state index contributed by atoms with van der Waals surface area (Å²) in [6, 6.07) is 2.20. The van der Waals surface area contributed by atoms with Crippen molar-refractivity contribution in [2.24, 2.45) is 0 Å². The molecule has 0 atom stereocenters. The molecule has 0 unspecified atom stereocenters. The quantitative estimate of drug-likeness (QED) is 0.416. The number of benzene rings is 1. The van der Waals surface area contributed by atoms with Gasteiger partial charge in [0.25, 0.3) is 0 Å². The maximum atomic E-state index is 12.8. The summed E-state index contributed by atoms with van der Waals surface area (Å²) in [5, 5.41) is 10.2. The maximum Gasteiger partial charge on any atom is 0.305 e. The zero-order valence-corrected chi connectivity index (χ0v) is 7.14. The number of rotatable bonds is 1. The Balaban J connectivity index is 3.33. The molecule has 12 heavy (non-hydrogen) atoms. The summed E-state index contributed by atoms with van der Waals surface area (Å²) < 4.78 is 12.8. The largest absolute Gasteiger partial charge is 0.305 e. The molecule has 0 saturated heterocycles. The lowest BCUT2D eigenvalue weighted by Gasteiger charge is -1.98. The number of hydrogen-bond acceptors (Lipinski definition) is 3. The van der Waals surface area contributed by atoms with E-state index in [0.29, 0.717) is 10.5 Å². The van der Waals surface area contributed by atoms with Gasteiger partial charge in [-0.3, -0.25) is 10.1 Å². The van der Waals surface area contributed by atoms with Crippen LogP contribution < -0.4 is 0 Å². The summed E-state index contributed by atoms with van der Waals surface area (Å²) in [7, 11) is 0. The van der Waals surface area contributed by atoms with Crippen molar-refractivity contribution in [3.63, 3.8) is 0 Å².